The van der Waals surface area contributed by atoms with Crippen LogP contribution in [0.4, 0.5) is 13.6 Å². The van der Waals surface area contributed by atoms with Gasteiger partial charge in [-0.2, -0.15) is 8.78 Å². The van der Waals surface area contributed by atoms with Crippen molar-refractivity contribution in [3.8, 4) is 5.75 Å². The molecule has 6 nitrogen and oxygen atoms in total. The molecule has 1 aromatic carbocycles. The van der Waals surface area contributed by atoms with Crippen LogP contribution in [0, 0.1) is 5.41 Å². The number of carboxylic acid groups (broad SMARTS) is 1. The van der Waals surface area contributed by atoms with Crippen molar-refractivity contribution in [1.29, 1.82) is 0 Å². The Hall–Kier alpha value is -2.38. The van der Waals surface area contributed by atoms with Gasteiger partial charge in [0.15, 0.2) is 0 Å². The fraction of sp³-hybridized carbons (Fsp3) is 0.556. The van der Waals surface area contributed by atoms with Crippen LogP contribution in [-0.4, -0.2) is 41.7 Å². The van der Waals surface area contributed by atoms with Crippen molar-refractivity contribution in [1.82, 2.24) is 10.2 Å². The third kappa shape index (κ3) is 3.73. The summed E-state index contributed by atoms with van der Waals surface area (Å²) >= 11 is 0. The lowest BCUT2D eigenvalue weighted by Crippen LogP contribution is -2.43. The highest BCUT2D eigenvalue weighted by molar-refractivity contribution is 5.79. The zero-order valence-electron chi connectivity index (χ0n) is 14.5. The largest absolute Gasteiger partial charge is 0.481 e. The summed E-state index contributed by atoms with van der Waals surface area (Å²) in [4.78, 5) is 25.4. The van der Waals surface area contributed by atoms with Gasteiger partial charge in [-0.25, -0.2) is 4.79 Å². The first kappa shape index (κ1) is 18.4. The number of likely N-dealkylation sites (tertiary alicyclic amines) is 1. The summed E-state index contributed by atoms with van der Waals surface area (Å²) in [5, 5.41) is 12.2. The molecule has 8 heteroatoms. The molecule has 3 rings (SSSR count). The van der Waals surface area contributed by atoms with Crippen molar-refractivity contribution in [3.63, 3.8) is 0 Å². The molecular weight excluding hydrogens is 346 g/mol. The molecule has 2 atom stereocenters. The van der Waals surface area contributed by atoms with E-state index in [1.54, 1.807) is 19.1 Å². The molecule has 0 saturated carbocycles. The van der Waals surface area contributed by atoms with Gasteiger partial charge in [0.25, 0.3) is 0 Å². The molecular formula is C18H22F2N2O4. The number of halogens is 2. The molecule has 1 fully saturated rings. The summed E-state index contributed by atoms with van der Waals surface area (Å²) in [6, 6.07) is 4.27. The lowest BCUT2D eigenvalue weighted by Gasteiger charge is -2.29. The standard InChI is InChI=1S/C18H22F2N2O4/c1-18(15(23)24)7-8-22(10-18)17(25)21-14-4-2-3-11-9-12(26-16(19)20)5-6-13(11)14/h5-6,9,14,16H,2-4,7-8,10H2,1H3,(H,21,25)(H,23,24). The second kappa shape index (κ2) is 7.09. The van der Waals surface area contributed by atoms with Crippen LogP contribution in [0.25, 0.3) is 0 Å². The number of ether oxygens (including phenoxy) is 1. The van der Waals surface area contributed by atoms with Crippen LogP contribution in [0.3, 0.4) is 0 Å². The summed E-state index contributed by atoms with van der Waals surface area (Å²) in [5.41, 5.74) is 0.867. The first-order valence-electron chi connectivity index (χ1n) is 8.65. The quantitative estimate of drug-likeness (QED) is 0.856. The van der Waals surface area contributed by atoms with E-state index in [4.69, 9.17) is 0 Å². The average molecular weight is 368 g/mol. The highest BCUT2D eigenvalue weighted by atomic mass is 19.3. The number of rotatable bonds is 4. The van der Waals surface area contributed by atoms with E-state index in [0.717, 1.165) is 30.4 Å². The van der Waals surface area contributed by atoms with Gasteiger partial charge >= 0.3 is 18.6 Å². The second-order valence-corrected chi connectivity index (χ2v) is 7.17. The maximum absolute atomic E-state index is 12.5. The smallest absolute Gasteiger partial charge is 0.387 e. The van der Waals surface area contributed by atoms with Crippen molar-refractivity contribution < 1.29 is 28.2 Å². The zero-order valence-corrected chi connectivity index (χ0v) is 14.5. The van der Waals surface area contributed by atoms with Gasteiger partial charge in [0.1, 0.15) is 5.75 Å². The molecule has 2 N–H and O–H groups in total. The number of carbonyl (C=O) groups excluding carboxylic acids is 1. The third-order valence-electron chi connectivity index (χ3n) is 5.23. The van der Waals surface area contributed by atoms with Crippen molar-refractivity contribution in [3.05, 3.63) is 29.3 Å². The first-order chi connectivity index (χ1) is 12.3. The van der Waals surface area contributed by atoms with Crippen LogP contribution in [0.2, 0.25) is 0 Å². The lowest BCUT2D eigenvalue weighted by atomic mass is 9.87. The van der Waals surface area contributed by atoms with Gasteiger partial charge in [-0.1, -0.05) is 6.07 Å². The van der Waals surface area contributed by atoms with Gasteiger partial charge in [-0.05, 0) is 55.9 Å². The molecule has 26 heavy (non-hydrogen) atoms. The second-order valence-electron chi connectivity index (χ2n) is 7.17. The number of fused-ring (bicyclic) bond motifs is 1. The van der Waals surface area contributed by atoms with Crippen molar-refractivity contribution >= 4 is 12.0 Å². The Balaban J connectivity index is 1.68. The zero-order chi connectivity index (χ0) is 18.9. The molecule has 2 unspecified atom stereocenters. The summed E-state index contributed by atoms with van der Waals surface area (Å²) in [5.74, 6) is -0.787. The Bertz CT molecular complexity index is 712. The van der Waals surface area contributed by atoms with Gasteiger partial charge in [0.05, 0.1) is 11.5 Å². The molecule has 0 aromatic heterocycles. The van der Waals surface area contributed by atoms with E-state index in [0.29, 0.717) is 13.0 Å². The third-order valence-corrected chi connectivity index (χ3v) is 5.23. The summed E-state index contributed by atoms with van der Waals surface area (Å²) in [6.45, 7) is -0.654. The van der Waals surface area contributed by atoms with Crippen LogP contribution in [0.5, 0.6) is 5.75 Å². The molecule has 1 heterocycles. The predicted octanol–water partition coefficient (Wildman–Crippen LogP) is 3.17. The number of hydrogen-bond donors (Lipinski definition) is 2. The average Bonchev–Trinajstić information content (AvgIpc) is 2.98. The maximum atomic E-state index is 12.5. The van der Waals surface area contributed by atoms with Gasteiger partial charge < -0.3 is 20.1 Å². The number of carboxylic acids is 1. The van der Waals surface area contributed by atoms with E-state index in [9.17, 15) is 23.5 Å². The number of carbonyl (C=O) groups is 2. The molecule has 142 valence electrons. The Morgan fingerprint density at radius 2 is 2.19 bits per heavy atom. The number of aliphatic carboxylic acids is 1. The van der Waals surface area contributed by atoms with E-state index < -0.39 is 18.0 Å². The first-order valence-corrected chi connectivity index (χ1v) is 8.65. The molecule has 2 aliphatic rings. The van der Waals surface area contributed by atoms with Crippen LogP contribution < -0.4 is 10.1 Å². The topological polar surface area (TPSA) is 78.9 Å². The summed E-state index contributed by atoms with van der Waals surface area (Å²) < 4.78 is 29.2. The number of nitrogens with one attached hydrogen (secondary N) is 1. The lowest BCUT2D eigenvalue weighted by molar-refractivity contribution is -0.147. The maximum Gasteiger partial charge on any atom is 0.387 e. The fourth-order valence-electron chi connectivity index (χ4n) is 3.67. The number of benzene rings is 1. The van der Waals surface area contributed by atoms with E-state index in [1.807, 2.05) is 0 Å². The minimum atomic E-state index is -2.87. The Morgan fingerprint density at radius 3 is 2.85 bits per heavy atom. The highest BCUT2D eigenvalue weighted by Gasteiger charge is 2.42. The van der Waals surface area contributed by atoms with Gasteiger partial charge in [-0.3, -0.25) is 4.79 Å². The summed E-state index contributed by atoms with van der Waals surface area (Å²) in [6.07, 6.45) is 2.73. The van der Waals surface area contributed by atoms with Crippen LogP contribution in [0.15, 0.2) is 18.2 Å². The normalized spacial score (nSPS) is 25.1. The molecule has 0 radical (unpaired) electrons. The predicted molar refractivity (Wildman–Crippen MR) is 89.2 cm³/mol. The minimum absolute atomic E-state index is 0.113. The number of amides is 2. The van der Waals surface area contributed by atoms with Gasteiger partial charge in [0.2, 0.25) is 0 Å². The van der Waals surface area contributed by atoms with E-state index >= 15 is 0 Å². The molecule has 1 aliphatic heterocycles. The van der Waals surface area contributed by atoms with Crippen molar-refractivity contribution in [2.45, 2.75) is 45.3 Å². The fourth-order valence-corrected chi connectivity index (χ4v) is 3.67. The molecule has 1 aromatic rings. The van der Waals surface area contributed by atoms with Crippen LogP contribution >= 0.6 is 0 Å². The van der Waals surface area contributed by atoms with E-state index in [-0.39, 0.29) is 24.4 Å². The van der Waals surface area contributed by atoms with Crippen molar-refractivity contribution in [2.24, 2.45) is 5.41 Å². The Labute approximate surface area is 150 Å². The van der Waals surface area contributed by atoms with E-state index in [2.05, 4.69) is 10.1 Å². The molecule has 1 aliphatic carbocycles. The van der Waals surface area contributed by atoms with Crippen molar-refractivity contribution in [2.75, 3.05) is 13.1 Å². The molecule has 1 saturated heterocycles. The number of alkyl halides is 2. The number of aryl methyl sites for hydroxylation is 1. The molecule has 0 spiro atoms. The van der Waals surface area contributed by atoms with Crippen LogP contribution in [-0.2, 0) is 11.2 Å². The highest BCUT2D eigenvalue weighted by Crippen LogP contribution is 2.34. The Morgan fingerprint density at radius 1 is 1.42 bits per heavy atom. The SMILES string of the molecule is CC1(C(=O)O)CCN(C(=O)NC2CCCc3cc(OC(F)F)ccc32)C1. The molecule has 0 bridgehead atoms. The monoisotopic (exact) mass is 368 g/mol. The van der Waals surface area contributed by atoms with Gasteiger partial charge in [-0.15, -0.1) is 0 Å². The number of hydrogen-bond acceptors (Lipinski definition) is 3. The minimum Gasteiger partial charge on any atom is -0.481 e. The number of nitrogens with zero attached hydrogens (tertiary/aromatic N) is 1. The Kier molecular flexibility index (Phi) is 5.02. The summed E-state index contributed by atoms with van der Waals surface area (Å²) in [7, 11) is 0. The number of urea groups is 1. The molecule has 2 amide bonds. The van der Waals surface area contributed by atoms with Gasteiger partial charge in [0, 0.05) is 13.1 Å². The van der Waals surface area contributed by atoms with Crippen LogP contribution in [0.1, 0.15) is 43.4 Å². The van der Waals surface area contributed by atoms with E-state index in [1.165, 1.54) is 11.0 Å².